The molecule has 1 aromatic carbocycles. The minimum atomic E-state index is -0.980. The van der Waals surface area contributed by atoms with E-state index in [1.807, 2.05) is 0 Å². The van der Waals surface area contributed by atoms with E-state index in [1.54, 1.807) is 19.2 Å². The number of nitrogens with one attached hydrogen (secondary N) is 1. The normalized spacial score (nSPS) is 10.0. The SMILES string of the molecule is COCCNc1cc(Cl)ccc1C(=O)O. The molecule has 0 aromatic heterocycles. The maximum Gasteiger partial charge on any atom is 0.337 e. The van der Waals surface area contributed by atoms with E-state index in [9.17, 15) is 4.79 Å². The van der Waals surface area contributed by atoms with Crippen LogP contribution < -0.4 is 5.32 Å². The van der Waals surface area contributed by atoms with Gasteiger partial charge in [-0.25, -0.2) is 4.79 Å². The molecule has 15 heavy (non-hydrogen) atoms. The van der Waals surface area contributed by atoms with E-state index in [2.05, 4.69) is 5.32 Å². The third kappa shape index (κ3) is 3.42. The van der Waals surface area contributed by atoms with E-state index in [0.29, 0.717) is 23.9 Å². The number of aromatic carboxylic acids is 1. The van der Waals surface area contributed by atoms with Crippen LogP contribution in [0.15, 0.2) is 18.2 Å². The lowest BCUT2D eigenvalue weighted by Gasteiger charge is -2.09. The van der Waals surface area contributed by atoms with Crippen molar-refractivity contribution in [2.45, 2.75) is 0 Å². The second kappa shape index (κ2) is 5.58. The lowest BCUT2D eigenvalue weighted by Crippen LogP contribution is -2.11. The summed E-state index contributed by atoms with van der Waals surface area (Å²) in [6.45, 7) is 1.04. The number of carboxylic acid groups (broad SMARTS) is 1. The van der Waals surface area contributed by atoms with Crippen LogP contribution in [0.3, 0.4) is 0 Å². The first-order valence-electron chi connectivity index (χ1n) is 4.41. The zero-order chi connectivity index (χ0) is 11.3. The van der Waals surface area contributed by atoms with Crippen molar-refractivity contribution in [3.63, 3.8) is 0 Å². The van der Waals surface area contributed by atoms with Crippen LogP contribution in [0.5, 0.6) is 0 Å². The summed E-state index contributed by atoms with van der Waals surface area (Å²) in [6, 6.07) is 4.60. The Kier molecular flexibility index (Phi) is 4.39. The molecule has 0 fully saturated rings. The maximum atomic E-state index is 10.9. The smallest absolute Gasteiger partial charge is 0.337 e. The minimum absolute atomic E-state index is 0.204. The molecule has 0 radical (unpaired) electrons. The highest BCUT2D eigenvalue weighted by Gasteiger charge is 2.09. The number of benzene rings is 1. The third-order valence-electron chi connectivity index (χ3n) is 1.83. The van der Waals surface area contributed by atoms with E-state index >= 15 is 0 Å². The van der Waals surface area contributed by atoms with Crippen molar-refractivity contribution in [2.75, 3.05) is 25.6 Å². The Morgan fingerprint density at radius 2 is 2.33 bits per heavy atom. The van der Waals surface area contributed by atoms with Crippen molar-refractivity contribution in [2.24, 2.45) is 0 Å². The molecule has 82 valence electrons. The van der Waals surface area contributed by atoms with E-state index in [-0.39, 0.29) is 5.56 Å². The first kappa shape index (κ1) is 11.8. The Labute approximate surface area is 92.8 Å². The molecular weight excluding hydrogens is 218 g/mol. The van der Waals surface area contributed by atoms with Gasteiger partial charge in [0.2, 0.25) is 0 Å². The van der Waals surface area contributed by atoms with Crippen molar-refractivity contribution < 1.29 is 14.6 Å². The number of hydrogen-bond acceptors (Lipinski definition) is 3. The molecule has 0 heterocycles. The van der Waals surface area contributed by atoms with Crippen LogP contribution in [-0.4, -0.2) is 31.3 Å². The summed E-state index contributed by atoms with van der Waals surface area (Å²) in [6.07, 6.45) is 0. The molecular formula is C10H12ClNO3. The Hall–Kier alpha value is -1.26. The number of carboxylic acids is 1. The lowest BCUT2D eigenvalue weighted by molar-refractivity contribution is 0.0698. The molecule has 1 aromatic rings. The predicted molar refractivity (Wildman–Crippen MR) is 58.8 cm³/mol. The summed E-state index contributed by atoms with van der Waals surface area (Å²) >= 11 is 5.77. The fourth-order valence-corrected chi connectivity index (χ4v) is 1.31. The van der Waals surface area contributed by atoms with Gasteiger partial charge in [0.25, 0.3) is 0 Å². The topological polar surface area (TPSA) is 58.6 Å². The lowest BCUT2D eigenvalue weighted by atomic mass is 10.2. The molecule has 0 aliphatic heterocycles. The first-order valence-corrected chi connectivity index (χ1v) is 4.78. The van der Waals surface area contributed by atoms with Crippen LogP contribution >= 0.6 is 11.6 Å². The monoisotopic (exact) mass is 229 g/mol. The van der Waals surface area contributed by atoms with E-state index in [1.165, 1.54) is 6.07 Å². The molecule has 0 unspecified atom stereocenters. The number of halogens is 1. The van der Waals surface area contributed by atoms with Crippen LogP contribution in [0.1, 0.15) is 10.4 Å². The molecule has 4 nitrogen and oxygen atoms in total. The highest BCUT2D eigenvalue weighted by atomic mass is 35.5. The van der Waals surface area contributed by atoms with Crippen molar-refractivity contribution in [3.05, 3.63) is 28.8 Å². The molecule has 0 aliphatic rings. The molecule has 0 atom stereocenters. The summed E-state index contributed by atoms with van der Waals surface area (Å²) < 4.78 is 4.85. The summed E-state index contributed by atoms with van der Waals surface area (Å²) in [5.41, 5.74) is 0.711. The number of rotatable bonds is 5. The minimum Gasteiger partial charge on any atom is -0.478 e. The maximum absolute atomic E-state index is 10.9. The second-order valence-electron chi connectivity index (χ2n) is 2.91. The van der Waals surface area contributed by atoms with E-state index in [0.717, 1.165) is 0 Å². The average Bonchev–Trinajstić information content (AvgIpc) is 2.18. The van der Waals surface area contributed by atoms with Gasteiger partial charge < -0.3 is 15.2 Å². The Balaban J connectivity index is 2.82. The van der Waals surface area contributed by atoms with Gasteiger partial charge >= 0.3 is 5.97 Å². The van der Waals surface area contributed by atoms with Gasteiger partial charge in [-0.2, -0.15) is 0 Å². The fourth-order valence-electron chi connectivity index (χ4n) is 1.14. The van der Waals surface area contributed by atoms with Gasteiger partial charge in [0.15, 0.2) is 0 Å². The molecule has 0 aliphatic carbocycles. The number of anilines is 1. The molecule has 0 bridgehead atoms. The van der Waals surface area contributed by atoms with Gasteiger partial charge in [0.05, 0.1) is 17.9 Å². The molecule has 0 amide bonds. The van der Waals surface area contributed by atoms with Crippen LogP contribution in [0.25, 0.3) is 0 Å². The van der Waals surface area contributed by atoms with Gasteiger partial charge in [0.1, 0.15) is 0 Å². The van der Waals surface area contributed by atoms with Gasteiger partial charge in [-0.05, 0) is 18.2 Å². The van der Waals surface area contributed by atoms with Gasteiger partial charge in [-0.3, -0.25) is 0 Å². The largest absolute Gasteiger partial charge is 0.478 e. The number of ether oxygens (including phenoxy) is 1. The van der Waals surface area contributed by atoms with Gasteiger partial charge in [-0.15, -0.1) is 0 Å². The number of methoxy groups -OCH3 is 1. The van der Waals surface area contributed by atoms with Gasteiger partial charge in [-0.1, -0.05) is 11.6 Å². The van der Waals surface area contributed by atoms with Gasteiger partial charge in [0, 0.05) is 18.7 Å². The fraction of sp³-hybridized carbons (Fsp3) is 0.300. The van der Waals surface area contributed by atoms with E-state index < -0.39 is 5.97 Å². The summed E-state index contributed by atoms with van der Waals surface area (Å²) in [5.74, 6) is -0.980. The number of hydrogen-bond donors (Lipinski definition) is 2. The number of carbonyl (C=O) groups is 1. The second-order valence-corrected chi connectivity index (χ2v) is 3.35. The first-order chi connectivity index (χ1) is 7.15. The van der Waals surface area contributed by atoms with Crippen molar-refractivity contribution in [1.29, 1.82) is 0 Å². The molecule has 0 saturated carbocycles. The summed E-state index contributed by atoms with van der Waals surface area (Å²) in [4.78, 5) is 10.9. The highest BCUT2D eigenvalue weighted by molar-refractivity contribution is 6.31. The van der Waals surface area contributed by atoms with Crippen LogP contribution in [0.4, 0.5) is 5.69 Å². The quantitative estimate of drug-likeness (QED) is 0.760. The molecule has 1 rings (SSSR count). The van der Waals surface area contributed by atoms with Crippen LogP contribution in [0, 0.1) is 0 Å². The summed E-state index contributed by atoms with van der Waals surface area (Å²) in [5, 5.41) is 12.3. The molecule has 2 N–H and O–H groups in total. The molecule has 0 saturated heterocycles. The molecule has 5 heteroatoms. The van der Waals surface area contributed by atoms with Crippen molar-refractivity contribution >= 4 is 23.3 Å². The standard InChI is InChI=1S/C10H12ClNO3/c1-15-5-4-12-9-6-7(11)2-3-8(9)10(13)14/h2-3,6,12H,4-5H2,1H3,(H,13,14). The van der Waals surface area contributed by atoms with Crippen LogP contribution in [0.2, 0.25) is 5.02 Å². The van der Waals surface area contributed by atoms with Crippen molar-refractivity contribution in [1.82, 2.24) is 0 Å². The Morgan fingerprint density at radius 3 is 2.93 bits per heavy atom. The van der Waals surface area contributed by atoms with E-state index in [4.69, 9.17) is 21.4 Å². The zero-order valence-corrected chi connectivity index (χ0v) is 9.04. The Morgan fingerprint density at radius 1 is 1.60 bits per heavy atom. The highest BCUT2D eigenvalue weighted by Crippen LogP contribution is 2.20. The van der Waals surface area contributed by atoms with Crippen LogP contribution in [-0.2, 0) is 4.74 Å². The third-order valence-corrected chi connectivity index (χ3v) is 2.07. The predicted octanol–water partition coefficient (Wildman–Crippen LogP) is 2.10. The Bertz CT molecular complexity index is 355. The van der Waals surface area contributed by atoms with Crippen molar-refractivity contribution in [3.8, 4) is 0 Å². The molecule has 0 spiro atoms. The average molecular weight is 230 g/mol. The summed E-state index contributed by atoms with van der Waals surface area (Å²) in [7, 11) is 1.58. The zero-order valence-electron chi connectivity index (χ0n) is 8.29.